The molecule has 1 aromatic rings. The van der Waals surface area contributed by atoms with Gasteiger partial charge in [0.05, 0.1) is 0 Å². The van der Waals surface area contributed by atoms with Gasteiger partial charge in [-0.05, 0) is 0 Å². The highest BCUT2D eigenvalue weighted by molar-refractivity contribution is 6.34. The molecule has 0 aliphatic carbocycles. The van der Waals surface area contributed by atoms with Crippen LogP contribution < -0.4 is 11.2 Å². The van der Waals surface area contributed by atoms with Crippen LogP contribution in [-0.2, 0) is 0 Å². The molecule has 0 aliphatic heterocycles. The molecule has 1 heterocycles. The third-order valence-electron chi connectivity index (χ3n) is 1.26. The van der Waals surface area contributed by atoms with Crippen molar-refractivity contribution < 1.29 is 10.0 Å². The number of H-pyrrole nitrogens is 2. The molecule has 3 N–H and O–H groups in total. The lowest BCUT2D eigenvalue weighted by atomic mass is 10.2. The Morgan fingerprint density at radius 3 is 2.77 bits per heavy atom. The standard InChI is InChI=1S/C6H5N3O4/c10-4(2-8-13)3-1-7-6(12)9-5(3)11/h1-2,13H,(H2,7,9,11,12)/b8-2-. The molecule has 0 fully saturated rings. The minimum Gasteiger partial charge on any atom is -0.411 e. The highest BCUT2D eigenvalue weighted by atomic mass is 16.4. The van der Waals surface area contributed by atoms with Crippen molar-refractivity contribution in [1.82, 2.24) is 9.97 Å². The van der Waals surface area contributed by atoms with Crippen LogP contribution in [0.4, 0.5) is 0 Å². The molecule has 0 aliphatic rings. The van der Waals surface area contributed by atoms with Crippen LogP contribution in [0.2, 0.25) is 0 Å². The molecule has 68 valence electrons. The minimum atomic E-state index is -0.825. The summed E-state index contributed by atoms with van der Waals surface area (Å²) < 4.78 is 0. The van der Waals surface area contributed by atoms with Gasteiger partial charge in [-0.25, -0.2) is 4.79 Å². The summed E-state index contributed by atoms with van der Waals surface area (Å²) >= 11 is 0. The average Bonchev–Trinajstić information content (AvgIpc) is 2.04. The molecule has 0 atom stereocenters. The maximum atomic E-state index is 10.9. The van der Waals surface area contributed by atoms with Crippen LogP contribution >= 0.6 is 0 Å². The summed E-state index contributed by atoms with van der Waals surface area (Å²) in [7, 11) is 0. The first-order valence-corrected chi connectivity index (χ1v) is 3.19. The van der Waals surface area contributed by atoms with Crippen LogP contribution in [-0.4, -0.2) is 27.2 Å². The Morgan fingerprint density at radius 2 is 2.23 bits per heavy atom. The quantitative estimate of drug-likeness (QED) is 0.229. The fourth-order valence-electron chi connectivity index (χ4n) is 0.715. The summed E-state index contributed by atoms with van der Waals surface area (Å²) in [5.74, 6) is -0.792. The number of hydrogen-bond acceptors (Lipinski definition) is 5. The second kappa shape index (κ2) is 3.48. The first-order valence-electron chi connectivity index (χ1n) is 3.19. The van der Waals surface area contributed by atoms with Crippen molar-refractivity contribution in [3.63, 3.8) is 0 Å². The Kier molecular flexibility index (Phi) is 2.38. The zero-order chi connectivity index (χ0) is 9.84. The number of aromatic amines is 2. The van der Waals surface area contributed by atoms with Gasteiger partial charge in [0.15, 0.2) is 0 Å². The normalized spacial score (nSPS) is 10.5. The van der Waals surface area contributed by atoms with Crippen molar-refractivity contribution >= 4 is 12.0 Å². The van der Waals surface area contributed by atoms with E-state index < -0.39 is 17.0 Å². The summed E-state index contributed by atoms with van der Waals surface area (Å²) in [5, 5.41) is 10.5. The topological polar surface area (TPSA) is 115 Å². The van der Waals surface area contributed by atoms with Gasteiger partial charge in [-0.2, -0.15) is 0 Å². The largest absolute Gasteiger partial charge is 0.411 e. The van der Waals surface area contributed by atoms with Gasteiger partial charge in [0.25, 0.3) is 5.56 Å². The molecule has 0 aromatic carbocycles. The molecule has 0 bridgehead atoms. The first-order chi connectivity index (χ1) is 6.15. The molecular weight excluding hydrogens is 178 g/mol. The fraction of sp³-hybridized carbons (Fsp3) is 0. The Morgan fingerprint density at radius 1 is 1.54 bits per heavy atom. The highest BCUT2D eigenvalue weighted by Crippen LogP contribution is 1.84. The van der Waals surface area contributed by atoms with Gasteiger partial charge in [0, 0.05) is 6.20 Å². The van der Waals surface area contributed by atoms with Gasteiger partial charge in [-0.1, -0.05) is 5.16 Å². The number of ketones is 1. The van der Waals surface area contributed by atoms with Crippen LogP contribution in [0.25, 0.3) is 0 Å². The molecule has 0 saturated carbocycles. The number of hydrogen-bond donors (Lipinski definition) is 3. The molecule has 7 nitrogen and oxygen atoms in total. The minimum absolute atomic E-state index is 0.294. The first kappa shape index (κ1) is 8.91. The number of carbonyl (C=O) groups excluding carboxylic acids is 1. The van der Waals surface area contributed by atoms with E-state index in [4.69, 9.17) is 5.21 Å². The summed E-state index contributed by atoms with van der Waals surface area (Å²) in [4.78, 5) is 36.3. The Balaban J connectivity index is 3.24. The van der Waals surface area contributed by atoms with Gasteiger partial charge in [0.2, 0.25) is 5.78 Å². The van der Waals surface area contributed by atoms with E-state index >= 15 is 0 Å². The molecule has 1 rings (SSSR count). The van der Waals surface area contributed by atoms with Crippen LogP contribution in [0.5, 0.6) is 0 Å². The number of Topliss-reactive ketones (excluding diaryl/α,β-unsaturated/α-hetero) is 1. The highest BCUT2D eigenvalue weighted by Gasteiger charge is 2.07. The average molecular weight is 183 g/mol. The van der Waals surface area contributed by atoms with E-state index in [0.717, 1.165) is 6.20 Å². The predicted molar refractivity (Wildman–Crippen MR) is 42.3 cm³/mol. The van der Waals surface area contributed by atoms with Crippen molar-refractivity contribution in [2.24, 2.45) is 5.16 Å². The lowest BCUT2D eigenvalue weighted by Crippen LogP contribution is -2.27. The predicted octanol–water partition coefficient (Wildman–Crippen LogP) is -1.29. The van der Waals surface area contributed by atoms with Gasteiger partial charge in [-0.3, -0.25) is 14.6 Å². The molecule has 1 aromatic heterocycles. The van der Waals surface area contributed by atoms with Crippen molar-refractivity contribution in [2.75, 3.05) is 0 Å². The van der Waals surface area contributed by atoms with Gasteiger partial charge >= 0.3 is 5.69 Å². The maximum absolute atomic E-state index is 10.9. The molecule has 0 amide bonds. The van der Waals surface area contributed by atoms with E-state index in [1.54, 1.807) is 0 Å². The van der Waals surface area contributed by atoms with Crippen LogP contribution in [0.15, 0.2) is 20.9 Å². The lowest BCUT2D eigenvalue weighted by molar-refractivity contribution is 0.106. The Bertz CT molecular complexity index is 455. The third-order valence-corrected chi connectivity index (χ3v) is 1.26. The summed E-state index contributed by atoms with van der Waals surface area (Å²) in [6, 6.07) is 0. The summed E-state index contributed by atoms with van der Waals surface area (Å²) in [5.41, 5.74) is -1.83. The van der Waals surface area contributed by atoms with Crippen molar-refractivity contribution in [3.8, 4) is 0 Å². The molecule has 0 radical (unpaired) electrons. The number of nitrogens with one attached hydrogen (secondary N) is 2. The zero-order valence-electron chi connectivity index (χ0n) is 6.27. The Hall–Kier alpha value is -2.18. The smallest absolute Gasteiger partial charge is 0.325 e. The molecule has 0 saturated heterocycles. The lowest BCUT2D eigenvalue weighted by Gasteiger charge is -1.90. The number of aromatic nitrogens is 2. The van der Waals surface area contributed by atoms with Crippen molar-refractivity contribution in [1.29, 1.82) is 0 Å². The van der Waals surface area contributed by atoms with Crippen molar-refractivity contribution in [3.05, 3.63) is 32.6 Å². The van der Waals surface area contributed by atoms with E-state index in [0.29, 0.717) is 6.21 Å². The zero-order valence-corrected chi connectivity index (χ0v) is 6.27. The van der Waals surface area contributed by atoms with Gasteiger partial charge in [-0.15, -0.1) is 0 Å². The molecule has 7 heteroatoms. The van der Waals surface area contributed by atoms with Crippen LogP contribution in [0.3, 0.4) is 0 Å². The number of rotatable bonds is 2. The van der Waals surface area contributed by atoms with Crippen LogP contribution in [0.1, 0.15) is 10.4 Å². The summed E-state index contributed by atoms with van der Waals surface area (Å²) in [6.07, 6.45) is 1.51. The second-order valence-corrected chi connectivity index (χ2v) is 2.09. The number of nitrogens with zero attached hydrogens (tertiary/aromatic N) is 1. The second-order valence-electron chi connectivity index (χ2n) is 2.09. The van der Waals surface area contributed by atoms with Crippen LogP contribution in [0, 0.1) is 0 Å². The fourth-order valence-corrected chi connectivity index (χ4v) is 0.715. The number of oxime groups is 1. The SMILES string of the molecule is O=C(/C=N\O)c1c[nH]c(=O)[nH]c1=O. The van der Waals surface area contributed by atoms with E-state index in [-0.39, 0.29) is 5.56 Å². The Labute approximate surface area is 70.7 Å². The van der Waals surface area contributed by atoms with Gasteiger partial charge < -0.3 is 10.2 Å². The third kappa shape index (κ3) is 1.89. The molecule has 0 unspecified atom stereocenters. The monoisotopic (exact) mass is 183 g/mol. The molecule has 0 spiro atoms. The van der Waals surface area contributed by atoms with E-state index in [2.05, 4.69) is 10.1 Å². The van der Waals surface area contributed by atoms with E-state index in [9.17, 15) is 14.4 Å². The van der Waals surface area contributed by atoms with Crippen molar-refractivity contribution in [2.45, 2.75) is 0 Å². The van der Waals surface area contributed by atoms with E-state index in [1.165, 1.54) is 0 Å². The van der Waals surface area contributed by atoms with E-state index in [1.807, 2.05) is 4.98 Å². The maximum Gasteiger partial charge on any atom is 0.325 e. The summed E-state index contributed by atoms with van der Waals surface area (Å²) in [6.45, 7) is 0. The van der Waals surface area contributed by atoms with Gasteiger partial charge in [0.1, 0.15) is 11.8 Å². The molecule has 13 heavy (non-hydrogen) atoms. The molecular formula is C6H5N3O4. The number of carbonyl (C=O) groups is 1.